The fourth-order valence-corrected chi connectivity index (χ4v) is 7.04. The molecular formula is C32H54O5Si2. The van der Waals surface area contributed by atoms with E-state index >= 15 is 0 Å². The lowest BCUT2D eigenvalue weighted by Gasteiger charge is -2.41. The first kappa shape index (κ1) is 33.6. The third-order valence-electron chi connectivity index (χ3n) is 7.53. The molecule has 0 spiro atoms. The van der Waals surface area contributed by atoms with Gasteiger partial charge in [-0.1, -0.05) is 101 Å². The summed E-state index contributed by atoms with van der Waals surface area (Å²) < 4.78 is 16.4. The van der Waals surface area contributed by atoms with Crippen molar-refractivity contribution < 1.29 is 24.4 Å². The first-order valence-corrected chi connectivity index (χ1v) is 21.6. The van der Waals surface area contributed by atoms with E-state index in [0.29, 0.717) is 12.4 Å². The summed E-state index contributed by atoms with van der Waals surface area (Å²) in [5.41, 5.74) is 0.418. The van der Waals surface area contributed by atoms with Gasteiger partial charge in [-0.2, -0.15) is 0 Å². The van der Waals surface area contributed by atoms with Gasteiger partial charge in [0, 0.05) is 5.41 Å². The quantitative estimate of drug-likeness (QED) is 0.333. The number of aliphatic hydroxyl groups is 1. The largest absolute Gasteiger partial charge is 0.508 e. The number of phenolic OH excluding ortho intramolecular Hbond substituents is 1. The Hall–Kier alpha value is -1.65. The summed E-state index contributed by atoms with van der Waals surface area (Å²) in [7, 11) is -2.37. The maximum absolute atomic E-state index is 9.04. The fourth-order valence-electron chi connectivity index (χ4n) is 4.71. The second-order valence-corrected chi connectivity index (χ2v) is 23.7. The highest BCUT2D eigenvalue weighted by Crippen LogP contribution is 2.33. The molecule has 2 aromatic rings. The highest BCUT2D eigenvalue weighted by Gasteiger charge is 2.38. The number of phenols is 1. The summed E-state index contributed by atoms with van der Waals surface area (Å²) in [6.45, 7) is 22.6. The number of hydrogen-bond donors (Lipinski definition) is 2. The molecule has 0 radical (unpaired) electrons. The summed E-state index contributed by atoms with van der Waals surface area (Å²) in [6.07, 6.45) is 4.63. The van der Waals surface area contributed by atoms with Crippen molar-refractivity contribution in [2.75, 3.05) is 39.6 Å². The van der Waals surface area contributed by atoms with Crippen molar-refractivity contribution in [1.82, 2.24) is 0 Å². The lowest BCUT2D eigenvalue weighted by atomic mass is 9.82. The van der Waals surface area contributed by atoms with E-state index in [1.54, 1.807) is 12.1 Å². The first-order valence-electron chi connectivity index (χ1n) is 14.6. The van der Waals surface area contributed by atoms with Gasteiger partial charge in [0.25, 0.3) is 0 Å². The summed E-state index contributed by atoms with van der Waals surface area (Å²) in [5, 5.41) is 20.8. The smallest absolute Gasteiger partial charge is 0.119 e. The van der Waals surface area contributed by atoms with E-state index < -0.39 is 16.1 Å². The highest BCUT2D eigenvalue weighted by molar-refractivity contribution is 6.89. The normalized spacial score (nSPS) is 17.4. The zero-order chi connectivity index (χ0) is 29.2. The van der Waals surface area contributed by atoms with Crippen molar-refractivity contribution in [3.05, 3.63) is 48.5 Å². The Labute approximate surface area is 239 Å². The van der Waals surface area contributed by atoms with Gasteiger partial charge in [-0.25, -0.2) is 0 Å². The topological polar surface area (TPSA) is 68.2 Å². The van der Waals surface area contributed by atoms with Gasteiger partial charge in [0.05, 0.1) is 61.2 Å². The molecule has 4 rings (SSSR count). The van der Waals surface area contributed by atoms with Crippen LogP contribution in [-0.4, -0.2) is 66.0 Å². The minimum Gasteiger partial charge on any atom is -0.508 e. The summed E-state index contributed by atoms with van der Waals surface area (Å²) in [4.78, 5) is 0. The second-order valence-electron chi connectivity index (χ2n) is 13.5. The lowest BCUT2D eigenvalue weighted by Crippen LogP contribution is -2.47. The minimum atomic E-state index is -1.20. The fraction of sp³-hybridized carbons (Fsp3) is 0.625. The molecule has 0 aromatic heterocycles. The van der Waals surface area contributed by atoms with Crippen LogP contribution in [0.3, 0.4) is 0 Å². The van der Waals surface area contributed by atoms with E-state index in [1.807, 2.05) is 12.1 Å². The van der Waals surface area contributed by atoms with Crippen LogP contribution >= 0.6 is 0 Å². The van der Waals surface area contributed by atoms with Crippen LogP contribution in [0, 0.1) is 10.8 Å². The molecule has 2 aliphatic heterocycles. The Balaban J connectivity index is 0.000000226. The van der Waals surface area contributed by atoms with Crippen LogP contribution in [0.1, 0.15) is 39.5 Å². The Bertz CT molecular complexity index is 949. The summed E-state index contributed by atoms with van der Waals surface area (Å²) in [6, 6.07) is 16.2. The Morgan fingerprint density at radius 2 is 1.10 bits per heavy atom. The van der Waals surface area contributed by atoms with Gasteiger partial charge in [0.15, 0.2) is 0 Å². The number of aliphatic hydroxyl groups excluding tert-OH is 1. The molecule has 5 nitrogen and oxygen atoms in total. The van der Waals surface area contributed by atoms with E-state index in [1.165, 1.54) is 23.2 Å². The van der Waals surface area contributed by atoms with Gasteiger partial charge in [-0.3, -0.25) is 0 Å². The molecule has 0 amide bonds. The number of benzene rings is 2. The van der Waals surface area contributed by atoms with Crippen molar-refractivity contribution in [2.24, 2.45) is 10.8 Å². The third-order valence-corrected chi connectivity index (χ3v) is 11.7. The van der Waals surface area contributed by atoms with Crippen LogP contribution in [-0.2, 0) is 9.47 Å². The van der Waals surface area contributed by atoms with E-state index in [-0.39, 0.29) is 10.8 Å². The molecule has 0 aliphatic carbocycles. The van der Waals surface area contributed by atoms with Crippen LogP contribution in [0.5, 0.6) is 11.5 Å². The molecule has 0 saturated carbocycles. The molecule has 220 valence electrons. The first-order chi connectivity index (χ1) is 18.3. The minimum absolute atomic E-state index is 0.148. The number of aromatic hydroxyl groups is 1. The maximum Gasteiger partial charge on any atom is 0.119 e. The monoisotopic (exact) mass is 574 g/mol. The number of hydrogen-bond acceptors (Lipinski definition) is 5. The summed E-state index contributed by atoms with van der Waals surface area (Å²) in [5.74, 6) is 1.34. The third kappa shape index (κ3) is 10.7. The molecule has 2 saturated heterocycles. The average molecular weight is 575 g/mol. The van der Waals surface area contributed by atoms with Crippen LogP contribution < -0.4 is 15.1 Å². The molecule has 2 N–H and O–H groups in total. The molecule has 0 bridgehead atoms. The van der Waals surface area contributed by atoms with Gasteiger partial charge in [-0.15, -0.1) is 0 Å². The van der Waals surface area contributed by atoms with Crippen molar-refractivity contribution in [2.45, 2.75) is 78.8 Å². The molecule has 2 heterocycles. The Morgan fingerprint density at radius 3 is 1.41 bits per heavy atom. The standard InChI is InChI=1S/C16H26O2Si.C9H14OSi.C7H14O2/c1-5-10-16(11-17-12-16)13-18-14-6-8-15(9-7-14)19(2,3)4;1-11(2,3)9-6-4-8(10)5-7-9;1-2-3-7(4-8)5-9-6-7/h6-9H,5,10-13H2,1-4H3;4-7,10H,1-3H3;8H,2-6H2,1H3. The van der Waals surface area contributed by atoms with Crippen LogP contribution in [0.4, 0.5) is 0 Å². The van der Waals surface area contributed by atoms with E-state index in [9.17, 15) is 0 Å². The molecule has 0 unspecified atom stereocenters. The number of rotatable bonds is 10. The Morgan fingerprint density at radius 1 is 0.692 bits per heavy atom. The van der Waals surface area contributed by atoms with Gasteiger partial charge in [0.2, 0.25) is 0 Å². The highest BCUT2D eigenvalue weighted by atomic mass is 28.3. The van der Waals surface area contributed by atoms with E-state index in [4.69, 9.17) is 24.4 Å². The van der Waals surface area contributed by atoms with Gasteiger partial charge in [0.1, 0.15) is 11.5 Å². The molecule has 2 aromatic carbocycles. The molecule has 2 aliphatic rings. The number of ether oxygens (including phenoxy) is 3. The molecule has 7 heteroatoms. The van der Waals surface area contributed by atoms with Crippen LogP contribution in [0.2, 0.25) is 39.3 Å². The Kier molecular flexibility index (Phi) is 12.8. The predicted octanol–water partition coefficient (Wildman–Crippen LogP) is 6.16. The van der Waals surface area contributed by atoms with Crippen molar-refractivity contribution >= 4 is 26.5 Å². The van der Waals surface area contributed by atoms with Crippen molar-refractivity contribution in [3.8, 4) is 11.5 Å². The van der Waals surface area contributed by atoms with E-state index in [2.05, 4.69) is 77.4 Å². The van der Waals surface area contributed by atoms with Crippen LogP contribution in [0.25, 0.3) is 0 Å². The van der Waals surface area contributed by atoms with E-state index in [0.717, 1.165) is 51.6 Å². The second kappa shape index (κ2) is 14.8. The zero-order valence-electron chi connectivity index (χ0n) is 25.8. The molecule has 2 fully saturated rings. The van der Waals surface area contributed by atoms with Gasteiger partial charge < -0.3 is 24.4 Å². The van der Waals surface area contributed by atoms with Gasteiger partial charge >= 0.3 is 0 Å². The van der Waals surface area contributed by atoms with Crippen LogP contribution in [0.15, 0.2) is 48.5 Å². The molecule has 0 atom stereocenters. The van der Waals surface area contributed by atoms with Gasteiger partial charge in [-0.05, 0) is 37.1 Å². The average Bonchev–Trinajstić information content (AvgIpc) is 2.83. The SMILES string of the molecule is CCCC1(CO)COC1.CCCC1(COc2ccc([Si](C)(C)C)cc2)COC1.C[Si](C)(C)c1ccc(O)cc1. The summed E-state index contributed by atoms with van der Waals surface area (Å²) >= 11 is 0. The lowest BCUT2D eigenvalue weighted by molar-refractivity contribution is -0.140. The molecular weight excluding hydrogens is 521 g/mol. The predicted molar refractivity (Wildman–Crippen MR) is 169 cm³/mol. The maximum atomic E-state index is 9.04. The van der Waals surface area contributed by atoms with Crippen molar-refractivity contribution in [1.29, 1.82) is 0 Å². The van der Waals surface area contributed by atoms with Crippen molar-refractivity contribution in [3.63, 3.8) is 0 Å². The zero-order valence-corrected chi connectivity index (χ0v) is 27.8. The molecule has 39 heavy (non-hydrogen) atoms.